The number of halogens is 2. The number of nitrogens with one attached hydrogen (secondary N) is 2. The van der Waals surface area contributed by atoms with Crippen molar-refractivity contribution in [2.45, 2.75) is 6.42 Å². The van der Waals surface area contributed by atoms with Crippen LogP contribution in [0.15, 0.2) is 28.7 Å². The Balaban J connectivity index is 0.00000361. The van der Waals surface area contributed by atoms with Crippen LogP contribution in [0.5, 0.6) is 0 Å². The molecule has 0 saturated carbocycles. The van der Waals surface area contributed by atoms with Crippen LogP contribution in [0.1, 0.15) is 6.42 Å². The third-order valence-electron chi connectivity index (χ3n) is 2.54. The highest BCUT2D eigenvalue weighted by Gasteiger charge is 2.13. The van der Waals surface area contributed by atoms with Crippen molar-refractivity contribution >= 4 is 45.8 Å². The maximum Gasteiger partial charge on any atom is 0.244 e. The van der Waals surface area contributed by atoms with Crippen LogP contribution in [-0.2, 0) is 9.59 Å². The third kappa shape index (κ3) is 6.36. The molecule has 0 aliphatic carbocycles. The fraction of sp³-hybridized carbons (Fsp3) is 0.385. The van der Waals surface area contributed by atoms with Gasteiger partial charge in [0, 0.05) is 24.5 Å². The predicted octanol–water partition coefficient (Wildman–Crippen LogP) is 1.88. The predicted molar refractivity (Wildman–Crippen MR) is 86.2 cm³/mol. The van der Waals surface area contributed by atoms with Gasteiger partial charge in [-0.3, -0.25) is 9.59 Å². The molecule has 0 atom stereocenters. The van der Waals surface area contributed by atoms with E-state index in [1.807, 2.05) is 18.2 Å². The fourth-order valence-corrected chi connectivity index (χ4v) is 1.86. The summed E-state index contributed by atoms with van der Waals surface area (Å²) in [4.78, 5) is 24.9. The largest absolute Gasteiger partial charge is 0.336 e. The Hall–Kier alpha value is -1.11. The Bertz CT molecular complexity index is 457. The molecule has 20 heavy (non-hydrogen) atoms. The van der Waals surface area contributed by atoms with Gasteiger partial charge in [0.05, 0.1) is 12.2 Å². The monoisotopic (exact) mass is 363 g/mol. The minimum absolute atomic E-state index is 0. The van der Waals surface area contributed by atoms with E-state index in [9.17, 15) is 9.59 Å². The van der Waals surface area contributed by atoms with Gasteiger partial charge in [-0.05, 0) is 35.1 Å². The lowest BCUT2D eigenvalue weighted by atomic mass is 10.3. The highest BCUT2D eigenvalue weighted by atomic mass is 79.9. The second-order valence-corrected chi connectivity index (χ2v) is 4.99. The van der Waals surface area contributed by atoms with E-state index < -0.39 is 0 Å². The van der Waals surface area contributed by atoms with E-state index in [0.29, 0.717) is 18.7 Å². The number of nitrogens with zero attached hydrogens (tertiary/aromatic N) is 1. The van der Waals surface area contributed by atoms with E-state index in [-0.39, 0.29) is 30.8 Å². The van der Waals surface area contributed by atoms with Crippen LogP contribution in [-0.4, -0.2) is 43.9 Å². The lowest BCUT2D eigenvalue weighted by Crippen LogP contribution is -2.36. The molecule has 0 fully saturated rings. The molecule has 0 aromatic heterocycles. The highest BCUT2D eigenvalue weighted by molar-refractivity contribution is 9.10. The Labute approximate surface area is 133 Å². The van der Waals surface area contributed by atoms with Gasteiger partial charge in [0.1, 0.15) is 0 Å². The standard InChI is InChI=1S/C13H18BrN3O2.ClH/c1-15-8-7-13(19)17(2)9-12(18)16-11-6-4-3-5-10(11)14;/h3-6,15H,7-9H2,1-2H3,(H,16,18);1H. The second-order valence-electron chi connectivity index (χ2n) is 4.13. The third-order valence-corrected chi connectivity index (χ3v) is 3.23. The fourth-order valence-electron chi connectivity index (χ4n) is 1.48. The van der Waals surface area contributed by atoms with E-state index in [2.05, 4.69) is 26.6 Å². The molecule has 0 radical (unpaired) electrons. The van der Waals surface area contributed by atoms with Crippen molar-refractivity contribution in [3.63, 3.8) is 0 Å². The number of carbonyl (C=O) groups excluding carboxylic acids is 2. The second kappa shape index (κ2) is 9.74. The molecule has 1 aromatic carbocycles. The molecule has 1 rings (SSSR count). The van der Waals surface area contributed by atoms with Gasteiger partial charge in [0.2, 0.25) is 11.8 Å². The van der Waals surface area contributed by atoms with E-state index in [4.69, 9.17) is 0 Å². The molecule has 0 unspecified atom stereocenters. The molecule has 0 spiro atoms. The number of carbonyl (C=O) groups is 2. The zero-order chi connectivity index (χ0) is 14.3. The van der Waals surface area contributed by atoms with Crippen molar-refractivity contribution in [1.82, 2.24) is 10.2 Å². The van der Waals surface area contributed by atoms with Crippen LogP contribution in [0.4, 0.5) is 5.69 Å². The first-order valence-corrected chi connectivity index (χ1v) is 6.77. The molecule has 0 aliphatic heterocycles. The number of hydrogen-bond donors (Lipinski definition) is 2. The van der Waals surface area contributed by atoms with Crippen molar-refractivity contribution in [3.8, 4) is 0 Å². The number of likely N-dealkylation sites (N-methyl/N-ethyl adjacent to an activating group) is 1. The molecule has 0 heterocycles. The van der Waals surface area contributed by atoms with Crippen LogP contribution in [0, 0.1) is 0 Å². The van der Waals surface area contributed by atoms with Crippen LogP contribution in [0.25, 0.3) is 0 Å². The van der Waals surface area contributed by atoms with Crippen molar-refractivity contribution in [2.24, 2.45) is 0 Å². The average molecular weight is 365 g/mol. The number of benzene rings is 1. The smallest absolute Gasteiger partial charge is 0.244 e. The first kappa shape index (κ1) is 18.9. The van der Waals surface area contributed by atoms with Gasteiger partial charge < -0.3 is 15.5 Å². The normalized spacial score (nSPS) is 9.55. The summed E-state index contributed by atoms with van der Waals surface area (Å²) in [6, 6.07) is 7.34. The summed E-state index contributed by atoms with van der Waals surface area (Å²) in [5.74, 6) is -0.274. The molecule has 5 nitrogen and oxygen atoms in total. The molecule has 0 saturated heterocycles. The van der Waals surface area contributed by atoms with Crippen molar-refractivity contribution in [3.05, 3.63) is 28.7 Å². The van der Waals surface area contributed by atoms with E-state index in [1.54, 1.807) is 20.2 Å². The number of hydrogen-bond acceptors (Lipinski definition) is 3. The Kier molecular flexibility index (Phi) is 9.20. The van der Waals surface area contributed by atoms with Crippen molar-refractivity contribution in [1.29, 1.82) is 0 Å². The molecule has 2 N–H and O–H groups in total. The molecular formula is C13H19BrClN3O2. The average Bonchev–Trinajstić information content (AvgIpc) is 2.38. The molecule has 0 aliphatic rings. The van der Waals surface area contributed by atoms with Gasteiger partial charge in [-0.2, -0.15) is 0 Å². The van der Waals surface area contributed by atoms with Gasteiger partial charge in [-0.1, -0.05) is 12.1 Å². The lowest BCUT2D eigenvalue weighted by molar-refractivity contribution is -0.133. The molecule has 7 heteroatoms. The van der Waals surface area contributed by atoms with Crippen molar-refractivity contribution < 1.29 is 9.59 Å². The summed E-state index contributed by atoms with van der Waals surface area (Å²) in [6.45, 7) is 0.652. The highest BCUT2D eigenvalue weighted by Crippen LogP contribution is 2.20. The topological polar surface area (TPSA) is 61.4 Å². The van der Waals surface area contributed by atoms with Crippen LogP contribution < -0.4 is 10.6 Å². The maximum absolute atomic E-state index is 11.8. The summed E-state index contributed by atoms with van der Waals surface area (Å²) in [7, 11) is 3.41. The number of anilines is 1. The van der Waals surface area contributed by atoms with Crippen LogP contribution >= 0.6 is 28.3 Å². The Morgan fingerprint density at radius 3 is 2.55 bits per heavy atom. The first-order chi connectivity index (χ1) is 9.04. The molecule has 112 valence electrons. The van der Waals surface area contributed by atoms with E-state index >= 15 is 0 Å². The van der Waals surface area contributed by atoms with Crippen LogP contribution in [0.3, 0.4) is 0 Å². The Morgan fingerprint density at radius 1 is 1.30 bits per heavy atom. The minimum atomic E-state index is -0.216. The zero-order valence-electron chi connectivity index (χ0n) is 11.5. The number of para-hydroxylation sites is 1. The van der Waals surface area contributed by atoms with Gasteiger partial charge in [0.15, 0.2) is 0 Å². The zero-order valence-corrected chi connectivity index (χ0v) is 13.9. The van der Waals surface area contributed by atoms with Gasteiger partial charge >= 0.3 is 0 Å². The van der Waals surface area contributed by atoms with Gasteiger partial charge in [0.25, 0.3) is 0 Å². The van der Waals surface area contributed by atoms with Crippen LogP contribution in [0.2, 0.25) is 0 Å². The minimum Gasteiger partial charge on any atom is -0.336 e. The summed E-state index contributed by atoms with van der Waals surface area (Å²) in [5.41, 5.74) is 0.698. The summed E-state index contributed by atoms with van der Waals surface area (Å²) in [5, 5.41) is 5.66. The summed E-state index contributed by atoms with van der Waals surface area (Å²) in [6.07, 6.45) is 0.384. The number of amides is 2. The molecule has 0 bridgehead atoms. The van der Waals surface area contributed by atoms with E-state index in [0.717, 1.165) is 4.47 Å². The first-order valence-electron chi connectivity index (χ1n) is 5.97. The quantitative estimate of drug-likeness (QED) is 0.810. The maximum atomic E-state index is 11.8. The van der Waals surface area contributed by atoms with Gasteiger partial charge in [-0.25, -0.2) is 0 Å². The lowest BCUT2D eigenvalue weighted by Gasteiger charge is -2.17. The molecule has 1 aromatic rings. The van der Waals surface area contributed by atoms with Gasteiger partial charge in [-0.15, -0.1) is 12.4 Å². The molecular weight excluding hydrogens is 346 g/mol. The van der Waals surface area contributed by atoms with E-state index in [1.165, 1.54) is 4.90 Å². The summed E-state index contributed by atoms with van der Waals surface area (Å²) < 4.78 is 0.813. The van der Waals surface area contributed by atoms with Crippen molar-refractivity contribution in [2.75, 3.05) is 32.5 Å². The number of rotatable bonds is 6. The SMILES string of the molecule is CNCCC(=O)N(C)CC(=O)Nc1ccccc1Br.Cl. The molecule has 2 amide bonds. The Morgan fingerprint density at radius 2 is 1.95 bits per heavy atom. The summed E-state index contributed by atoms with van der Waals surface area (Å²) >= 11 is 3.35.